The van der Waals surface area contributed by atoms with Gasteiger partial charge in [-0.05, 0) is 42.3 Å². The van der Waals surface area contributed by atoms with Crippen molar-refractivity contribution >= 4 is 17.5 Å². The monoisotopic (exact) mass is 376 g/mol. The molecule has 1 aromatic carbocycles. The van der Waals surface area contributed by atoms with Crippen molar-refractivity contribution < 1.29 is 4.79 Å². The van der Waals surface area contributed by atoms with Crippen molar-refractivity contribution in [1.29, 1.82) is 0 Å². The Balaban J connectivity index is 1.34. The zero-order valence-electron chi connectivity index (χ0n) is 16.0. The number of benzene rings is 1. The smallest absolute Gasteiger partial charge is 0.321 e. The number of hydrogen-bond acceptors (Lipinski definition) is 4. The first-order valence-corrected chi connectivity index (χ1v) is 9.60. The van der Waals surface area contributed by atoms with E-state index in [1.54, 1.807) is 0 Å². The summed E-state index contributed by atoms with van der Waals surface area (Å²) in [6, 6.07) is 15.8. The highest BCUT2D eigenvalue weighted by Gasteiger charge is 2.22. The van der Waals surface area contributed by atoms with E-state index in [1.807, 2.05) is 70.4 Å². The largest absolute Gasteiger partial charge is 0.352 e. The molecule has 0 saturated carbocycles. The van der Waals surface area contributed by atoms with E-state index in [4.69, 9.17) is 0 Å². The van der Waals surface area contributed by atoms with Gasteiger partial charge in [-0.2, -0.15) is 0 Å². The van der Waals surface area contributed by atoms with Gasteiger partial charge in [-0.25, -0.2) is 4.79 Å². The van der Waals surface area contributed by atoms with Crippen molar-refractivity contribution in [1.82, 2.24) is 19.7 Å². The second kappa shape index (κ2) is 8.12. The summed E-state index contributed by atoms with van der Waals surface area (Å²) in [7, 11) is 0. The molecule has 0 bridgehead atoms. The summed E-state index contributed by atoms with van der Waals surface area (Å²) in [6.45, 7) is 4.87. The Kier molecular flexibility index (Phi) is 5.23. The van der Waals surface area contributed by atoms with Gasteiger partial charge in [-0.1, -0.05) is 25.1 Å². The molecule has 0 unspecified atom stereocenters. The molecule has 1 saturated heterocycles. The van der Waals surface area contributed by atoms with E-state index in [2.05, 4.69) is 27.3 Å². The van der Waals surface area contributed by atoms with Gasteiger partial charge >= 0.3 is 6.03 Å². The number of para-hydroxylation sites is 1. The molecule has 7 heteroatoms. The highest BCUT2D eigenvalue weighted by atomic mass is 16.2. The summed E-state index contributed by atoms with van der Waals surface area (Å²) in [5, 5.41) is 11.7. The number of rotatable bonds is 4. The van der Waals surface area contributed by atoms with Crippen LogP contribution in [0, 0.1) is 0 Å². The van der Waals surface area contributed by atoms with Crippen molar-refractivity contribution in [3.63, 3.8) is 0 Å². The number of anilines is 2. The maximum absolute atomic E-state index is 12.6. The molecule has 3 aromatic rings. The molecular weight excluding hydrogens is 352 g/mol. The fourth-order valence-corrected chi connectivity index (χ4v) is 3.40. The molecule has 3 heterocycles. The van der Waals surface area contributed by atoms with Crippen LogP contribution in [-0.2, 0) is 6.42 Å². The Hall–Kier alpha value is -3.35. The lowest BCUT2D eigenvalue weighted by Gasteiger charge is -2.35. The minimum atomic E-state index is -0.0467. The molecule has 144 valence electrons. The Labute approximate surface area is 164 Å². The van der Waals surface area contributed by atoms with Crippen molar-refractivity contribution in [2.24, 2.45) is 0 Å². The topological polar surface area (TPSA) is 66.3 Å². The van der Waals surface area contributed by atoms with E-state index in [0.29, 0.717) is 13.1 Å². The fraction of sp³-hybridized carbons (Fsp3) is 0.286. The van der Waals surface area contributed by atoms with Gasteiger partial charge in [0.15, 0.2) is 11.6 Å². The SMILES string of the molecule is CCc1ccccc1NC(=O)N1CCN(c2ccc(-n3cccc3)nn2)CC1. The molecule has 1 fully saturated rings. The molecule has 1 aliphatic rings. The molecule has 2 amide bonds. The van der Waals surface area contributed by atoms with Crippen LogP contribution in [0.25, 0.3) is 5.82 Å². The van der Waals surface area contributed by atoms with Crippen LogP contribution in [0.1, 0.15) is 12.5 Å². The Bertz CT molecular complexity index is 914. The summed E-state index contributed by atoms with van der Waals surface area (Å²) in [5.74, 6) is 1.63. The number of urea groups is 1. The normalized spacial score (nSPS) is 14.2. The van der Waals surface area contributed by atoms with Crippen LogP contribution in [0.15, 0.2) is 60.9 Å². The number of amides is 2. The first kappa shape index (κ1) is 18.0. The molecule has 0 radical (unpaired) electrons. The third-order valence-corrected chi connectivity index (χ3v) is 5.04. The lowest BCUT2D eigenvalue weighted by molar-refractivity contribution is 0.208. The highest BCUT2D eigenvalue weighted by molar-refractivity contribution is 5.90. The van der Waals surface area contributed by atoms with Crippen LogP contribution in [-0.4, -0.2) is 51.9 Å². The predicted molar refractivity (Wildman–Crippen MR) is 110 cm³/mol. The van der Waals surface area contributed by atoms with Crippen molar-refractivity contribution in [3.05, 3.63) is 66.5 Å². The summed E-state index contributed by atoms with van der Waals surface area (Å²) in [4.78, 5) is 16.6. The number of hydrogen-bond donors (Lipinski definition) is 1. The number of aryl methyl sites for hydroxylation is 1. The standard InChI is InChI=1S/C21H24N6O/c1-2-17-7-3-4-8-18(17)22-21(28)27-15-13-26(14-16-27)20-10-9-19(23-24-20)25-11-5-6-12-25/h3-12H,2,13-16H2,1H3,(H,22,28). The first-order valence-electron chi connectivity index (χ1n) is 9.60. The molecular formula is C21H24N6O. The third-order valence-electron chi connectivity index (χ3n) is 5.04. The minimum Gasteiger partial charge on any atom is -0.352 e. The number of nitrogens with zero attached hydrogens (tertiary/aromatic N) is 5. The van der Waals surface area contributed by atoms with Crippen molar-refractivity contribution in [2.45, 2.75) is 13.3 Å². The van der Waals surface area contributed by atoms with Crippen molar-refractivity contribution in [3.8, 4) is 5.82 Å². The van der Waals surface area contributed by atoms with Gasteiger partial charge in [0, 0.05) is 44.3 Å². The Morgan fingerprint density at radius 3 is 2.29 bits per heavy atom. The van der Waals surface area contributed by atoms with Gasteiger partial charge < -0.3 is 19.7 Å². The maximum Gasteiger partial charge on any atom is 0.321 e. The number of carbonyl (C=O) groups excluding carboxylic acids is 1. The van der Waals surface area contributed by atoms with Gasteiger partial charge in [-0.3, -0.25) is 0 Å². The lowest BCUT2D eigenvalue weighted by atomic mass is 10.1. The van der Waals surface area contributed by atoms with E-state index < -0.39 is 0 Å². The van der Waals surface area contributed by atoms with Crippen LogP contribution >= 0.6 is 0 Å². The predicted octanol–water partition coefficient (Wildman–Crippen LogP) is 3.18. The number of carbonyl (C=O) groups is 1. The maximum atomic E-state index is 12.6. The Morgan fingerprint density at radius 1 is 0.929 bits per heavy atom. The molecule has 7 nitrogen and oxygen atoms in total. The fourth-order valence-electron chi connectivity index (χ4n) is 3.40. The minimum absolute atomic E-state index is 0.0467. The van der Waals surface area contributed by atoms with E-state index in [1.165, 1.54) is 0 Å². The van der Waals surface area contributed by atoms with E-state index in [0.717, 1.165) is 42.4 Å². The number of aromatic nitrogens is 3. The van der Waals surface area contributed by atoms with Crippen LogP contribution < -0.4 is 10.2 Å². The number of nitrogens with one attached hydrogen (secondary N) is 1. The van der Waals surface area contributed by atoms with Gasteiger partial charge in [0.2, 0.25) is 0 Å². The first-order chi connectivity index (χ1) is 13.7. The molecule has 0 atom stereocenters. The quantitative estimate of drug-likeness (QED) is 0.759. The molecule has 1 N–H and O–H groups in total. The Morgan fingerprint density at radius 2 is 1.61 bits per heavy atom. The summed E-state index contributed by atoms with van der Waals surface area (Å²) >= 11 is 0. The summed E-state index contributed by atoms with van der Waals surface area (Å²) in [6.07, 6.45) is 4.78. The lowest BCUT2D eigenvalue weighted by Crippen LogP contribution is -2.50. The van der Waals surface area contributed by atoms with E-state index in [-0.39, 0.29) is 6.03 Å². The van der Waals surface area contributed by atoms with Gasteiger partial charge in [0.05, 0.1) is 0 Å². The second-order valence-corrected chi connectivity index (χ2v) is 6.75. The van der Waals surface area contributed by atoms with E-state index >= 15 is 0 Å². The second-order valence-electron chi connectivity index (χ2n) is 6.75. The molecule has 4 rings (SSSR count). The molecule has 0 spiro atoms. The molecule has 1 aliphatic heterocycles. The van der Waals surface area contributed by atoms with Gasteiger partial charge in [0.1, 0.15) is 0 Å². The highest BCUT2D eigenvalue weighted by Crippen LogP contribution is 2.18. The number of piperazine rings is 1. The van der Waals surface area contributed by atoms with E-state index in [9.17, 15) is 4.79 Å². The summed E-state index contributed by atoms with van der Waals surface area (Å²) < 4.78 is 1.92. The van der Waals surface area contributed by atoms with Gasteiger partial charge in [0.25, 0.3) is 0 Å². The van der Waals surface area contributed by atoms with Crippen LogP contribution in [0.4, 0.5) is 16.3 Å². The van der Waals surface area contributed by atoms with Crippen LogP contribution in [0.3, 0.4) is 0 Å². The van der Waals surface area contributed by atoms with Gasteiger partial charge in [-0.15, -0.1) is 10.2 Å². The molecule has 2 aromatic heterocycles. The third kappa shape index (κ3) is 3.83. The average molecular weight is 376 g/mol. The molecule has 0 aliphatic carbocycles. The zero-order valence-corrected chi connectivity index (χ0v) is 16.0. The van der Waals surface area contributed by atoms with Crippen molar-refractivity contribution in [2.75, 3.05) is 36.4 Å². The molecule has 28 heavy (non-hydrogen) atoms. The van der Waals surface area contributed by atoms with Crippen LogP contribution in [0.2, 0.25) is 0 Å². The average Bonchev–Trinajstić information content (AvgIpc) is 3.29. The zero-order chi connectivity index (χ0) is 19.3. The van der Waals surface area contributed by atoms with Crippen LogP contribution in [0.5, 0.6) is 0 Å². The summed E-state index contributed by atoms with van der Waals surface area (Å²) in [5.41, 5.74) is 2.04.